The lowest BCUT2D eigenvalue weighted by Crippen LogP contribution is -2.52. The molecule has 0 saturated carbocycles. The van der Waals surface area contributed by atoms with Gasteiger partial charge in [0, 0.05) is 92.3 Å². The van der Waals surface area contributed by atoms with Gasteiger partial charge in [0.1, 0.15) is 17.7 Å². The van der Waals surface area contributed by atoms with Crippen LogP contribution in [0.5, 0.6) is 0 Å². The first-order valence-corrected chi connectivity index (χ1v) is 18.5. The van der Waals surface area contributed by atoms with Crippen LogP contribution in [0.15, 0.2) is 54.9 Å². The number of likely N-dealkylation sites (tertiary alicyclic amines) is 1. The van der Waals surface area contributed by atoms with E-state index in [0.717, 1.165) is 86.4 Å². The Kier molecular flexibility index (Phi) is 9.64. The number of pyridine rings is 2. The highest BCUT2D eigenvalue weighted by molar-refractivity contribution is 6.06. The molecule has 4 amide bonds. The number of benzene rings is 1. The van der Waals surface area contributed by atoms with E-state index in [1.165, 1.54) is 12.1 Å². The molecule has 13 nitrogen and oxygen atoms in total. The van der Waals surface area contributed by atoms with Gasteiger partial charge in [-0.1, -0.05) is 17.9 Å². The van der Waals surface area contributed by atoms with Crippen molar-refractivity contribution < 1.29 is 19.2 Å². The van der Waals surface area contributed by atoms with E-state index >= 15 is 0 Å². The van der Waals surface area contributed by atoms with E-state index in [9.17, 15) is 19.2 Å². The highest BCUT2D eigenvalue weighted by atomic mass is 16.2. The number of amides is 4. The molecule has 3 N–H and O–H groups in total. The van der Waals surface area contributed by atoms with Crippen LogP contribution in [0.2, 0.25) is 0 Å². The quantitative estimate of drug-likeness (QED) is 0.141. The minimum atomic E-state index is -0.636. The monoisotopic (exact) mass is 713 g/mol. The summed E-state index contributed by atoms with van der Waals surface area (Å²) in [6, 6.07) is 13.1. The summed E-state index contributed by atoms with van der Waals surface area (Å²) in [6.07, 6.45) is 7.98. The van der Waals surface area contributed by atoms with Crippen molar-refractivity contribution in [3.05, 3.63) is 82.8 Å². The highest BCUT2D eigenvalue weighted by Gasteiger charge is 2.39. The molecule has 1 unspecified atom stereocenters. The molecule has 0 spiro atoms. The van der Waals surface area contributed by atoms with Gasteiger partial charge in [-0.2, -0.15) is 0 Å². The van der Waals surface area contributed by atoms with E-state index in [4.69, 9.17) is 0 Å². The van der Waals surface area contributed by atoms with Gasteiger partial charge in [0.2, 0.25) is 11.8 Å². The van der Waals surface area contributed by atoms with Crippen LogP contribution in [0, 0.1) is 11.8 Å². The second-order valence-corrected chi connectivity index (χ2v) is 14.3. The predicted molar refractivity (Wildman–Crippen MR) is 200 cm³/mol. The molecule has 8 rings (SSSR count). The summed E-state index contributed by atoms with van der Waals surface area (Å²) in [6.45, 7) is 5.87. The molecule has 0 aliphatic carbocycles. The summed E-state index contributed by atoms with van der Waals surface area (Å²) in [5.41, 5.74) is 4.86. The second-order valence-electron chi connectivity index (χ2n) is 14.3. The zero-order valence-electron chi connectivity index (χ0n) is 29.9. The Morgan fingerprint density at radius 1 is 0.981 bits per heavy atom. The van der Waals surface area contributed by atoms with Crippen molar-refractivity contribution >= 4 is 46.2 Å². The first kappa shape index (κ1) is 34.5. The van der Waals surface area contributed by atoms with Crippen LogP contribution < -0.4 is 15.5 Å². The third-order valence-corrected chi connectivity index (χ3v) is 10.9. The second kappa shape index (κ2) is 14.8. The number of anilines is 2. The van der Waals surface area contributed by atoms with Crippen molar-refractivity contribution in [2.45, 2.75) is 57.2 Å². The number of aromatic nitrogens is 3. The number of fused-ring (bicyclic) bond motifs is 2. The van der Waals surface area contributed by atoms with E-state index in [1.807, 2.05) is 30.3 Å². The average Bonchev–Trinajstić information content (AvgIpc) is 3.88. The third kappa shape index (κ3) is 7.25. The number of rotatable bonds is 8. The molecule has 2 atom stereocenters. The molecule has 4 aliphatic heterocycles. The van der Waals surface area contributed by atoms with Gasteiger partial charge in [0.05, 0.1) is 11.1 Å². The Labute approximate surface area is 308 Å². The minimum Gasteiger partial charge on any atom is -0.357 e. The maximum atomic E-state index is 13.1. The number of carbonyl (C=O) groups excluding carboxylic acids is 4. The number of hydrogen-bond acceptors (Lipinski definition) is 9. The van der Waals surface area contributed by atoms with Gasteiger partial charge in [-0.15, -0.1) is 0 Å². The lowest BCUT2D eigenvalue weighted by atomic mass is 10.0. The van der Waals surface area contributed by atoms with Crippen molar-refractivity contribution in [3.8, 4) is 11.8 Å². The van der Waals surface area contributed by atoms with E-state index in [0.29, 0.717) is 36.0 Å². The van der Waals surface area contributed by atoms with Gasteiger partial charge in [0.25, 0.3) is 11.8 Å². The Morgan fingerprint density at radius 2 is 1.85 bits per heavy atom. The third-order valence-electron chi connectivity index (χ3n) is 10.9. The Morgan fingerprint density at radius 3 is 2.62 bits per heavy atom. The summed E-state index contributed by atoms with van der Waals surface area (Å²) < 4.78 is 0. The standard InChI is InChI=1S/C40H43N9O4/c1-46-15-6-10-33(46)32-21-28-24-41-35(22-31(28)43-32)44-38(51)27-11-13-36(42-23-27)48-19-17-47(18-20-48)16-4-2-3-7-26-8-5-9-29-30(26)25-49(40(29)53)34-12-14-37(50)45-39(34)52/h5,8-9,11,13,21-24,33-34,43H,2,4,6,10,12,14-20,25H2,1H3,(H,41,44,51)(H,45,50,52)/t33-,34?/m1/s1. The van der Waals surface area contributed by atoms with Gasteiger partial charge in [-0.3, -0.25) is 34.3 Å². The van der Waals surface area contributed by atoms with E-state index in [1.54, 1.807) is 23.4 Å². The fourth-order valence-corrected chi connectivity index (χ4v) is 7.95. The number of piperidine rings is 1. The first-order chi connectivity index (χ1) is 25.8. The minimum absolute atomic E-state index is 0.186. The molecule has 4 aliphatic rings. The van der Waals surface area contributed by atoms with E-state index < -0.39 is 11.9 Å². The first-order valence-electron chi connectivity index (χ1n) is 18.5. The molecule has 3 aromatic heterocycles. The molecule has 4 aromatic rings. The maximum Gasteiger partial charge on any atom is 0.258 e. The van der Waals surface area contributed by atoms with Crippen LogP contribution in [-0.4, -0.2) is 106 Å². The Balaban J connectivity index is 0.787. The van der Waals surface area contributed by atoms with Crippen LogP contribution in [-0.2, 0) is 16.1 Å². The van der Waals surface area contributed by atoms with Gasteiger partial charge < -0.3 is 20.1 Å². The van der Waals surface area contributed by atoms with Crippen molar-refractivity contribution in [1.82, 2.24) is 35.0 Å². The van der Waals surface area contributed by atoms with E-state index in [2.05, 4.69) is 65.2 Å². The van der Waals surface area contributed by atoms with Crippen molar-refractivity contribution in [2.75, 3.05) is 56.5 Å². The topological polar surface area (TPSA) is 147 Å². The molecule has 3 saturated heterocycles. The maximum absolute atomic E-state index is 13.1. The van der Waals surface area contributed by atoms with Gasteiger partial charge in [0.15, 0.2) is 0 Å². The highest BCUT2D eigenvalue weighted by Crippen LogP contribution is 2.32. The molecular formula is C40H43N9O4. The summed E-state index contributed by atoms with van der Waals surface area (Å²) in [5, 5.41) is 6.31. The van der Waals surface area contributed by atoms with Gasteiger partial charge in [-0.25, -0.2) is 9.97 Å². The zero-order chi connectivity index (χ0) is 36.5. The summed E-state index contributed by atoms with van der Waals surface area (Å²) in [4.78, 5) is 71.3. The molecule has 272 valence electrons. The fraction of sp³-hybridized carbons (Fsp3) is 0.400. The number of nitrogens with zero attached hydrogens (tertiary/aromatic N) is 6. The summed E-state index contributed by atoms with van der Waals surface area (Å²) in [7, 11) is 2.15. The van der Waals surface area contributed by atoms with Crippen molar-refractivity contribution in [3.63, 3.8) is 0 Å². The molecule has 7 heterocycles. The number of unbranched alkanes of at least 4 members (excludes halogenated alkanes) is 1. The van der Waals surface area contributed by atoms with Crippen LogP contribution >= 0.6 is 0 Å². The molecule has 13 heteroatoms. The molecule has 0 bridgehead atoms. The van der Waals surface area contributed by atoms with Gasteiger partial charge in [-0.05, 0) is 81.7 Å². The number of imide groups is 1. The zero-order valence-corrected chi connectivity index (χ0v) is 29.9. The number of carbonyl (C=O) groups is 4. The number of aromatic amines is 1. The van der Waals surface area contributed by atoms with Crippen LogP contribution in [0.25, 0.3) is 10.9 Å². The molecular weight excluding hydrogens is 670 g/mol. The van der Waals surface area contributed by atoms with Crippen LogP contribution in [0.4, 0.5) is 11.6 Å². The average molecular weight is 714 g/mol. The Hall–Kier alpha value is -5.58. The molecule has 0 radical (unpaired) electrons. The predicted octanol–water partition coefficient (Wildman–Crippen LogP) is 3.69. The fourth-order valence-electron chi connectivity index (χ4n) is 7.95. The van der Waals surface area contributed by atoms with Crippen molar-refractivity contribution in [2.24, 2.45) is 0 Å². The lowest BCUT2D eigenvalue weighted by molar-refractivity contribution is -0.136. The number of hydrogen-bond donors (Lipinski definition) is 3. The number of nitrogens with one attached hydrogen (secondary N) is 3. The summed E-state index contributed by atoms with van der Waals surface area (Å²) in [5.74, 6) is 6.77. The molecule has 53 heavy (non-hydrogen) atoms. The SMILES string of the molecule is CN1CCC[C@@H]1c1cc2cnc(NC(=O)c3ccc(N4CCN(CCCC#Cc5cccc6c5CN(C5CCC(=O)NC5=O)C6=O)CC4)nc3)cc2[nH]1. The smallest absolute Gasteiger partial charge is 0.258 e. The van der Waals surface area contributed by atoms with E-state index in [-0.39, 0.29) is 24.1 Å². The Bertz CT molecular complexity index is 2130. The largest absolute Gasteiger partial charge is 0.357 e. The molecule has 1 aromatic carbocycles. The number of piperazine rings is 1. The number of H-pyrrole nitrogens is 1. The summed E-state index contributed by atoms with van der Waals surface area (Å²) >= 11 is 0. The van der Waals surface area contributed by atoms with Crippen LogP contribution in [0.1, 0.15) is 82.1 Å². The molecule has 3 fully saturated rings. The van der Waals surface area contributed by atoms with Crippen LogP contribution in [0.3, 0.4) is 0 Å². The lowest BCUT2D eigenvalue weighted by Gasteiger charge is -2.35. The normalized spacial score (nSPS) is 20.7. The van der Waals surface area contributed by atoms with Gasteiger partial charge >= 0.3 is 0 Å². The van der Waals surface area contributed by atoms with Crippen molar-refractivity contribution in [1.29, 1.82) is 0 Å².